The number of methoxy groups -OCH3 is 1. The van der Waals surface area contributed by atoms with Crippen molar-refractivity contribution in [1.29, 1.82) is 0 Å². The minimum atomic E-state index is -0.175. The Labute approximate surface area is 128 Å². The van der Waals surface area contributed by atoms with E-state index in [1.807, 2.05) is 0 Å². The molecule has 2 rings (SSSR count). The first-order chi connectivity index (χ1) is 10.1. The third-order valence-corrected chi connectivity index (χ3v) is 3.22. The van der Waals surface area contributed by atoms with Gasteiger partial charge in [0.1, 0.15) is 5.75 Å². The molecule has 2 N–H and O–H groups in total. The van der Waals surface area contributed by atoms with Crippen molar-refractivity contribution in [1.82, 2.24) is 0 Å². The van der Waals surface area contributed by atoms with Gasteiger partial charge in [-0.3, -0.25) is 4.79 Å². The number of carbonyl (C=O) groups is 1. The van der Waals surface area contributed by atoms with Crippen LogP contribution in [0.2, 0.25) is 5.02 Å². The van der Waals surface area contributed by atoms with Crippen molar-refractivity contribution in [3.63, 3.8) is 0 Å². The highest BCUT2D eigenvalue weighted by Crippen LogP contribution is 2.23. The lowest BCUT2D eigenvalue weighted by molar-refractivity contribution is -0.115. The van der Waals surface area contributed by atoms with E-state index in [0.717, 1.165) is 11.1 Å². The molecular weight excluding hydrogens is 290 g/mol. The molecule has 0 aliphatic carbocycles. The van der Waals surface area contributed by atoms with Crippen molar-refractivity contribution >= 4 is 23.2 Å². The summed E-state index contributed by atoms with van der Waals surface area (Å²) >= 11 is 5.94. The number of nitrogens with one attached hydrogen (secondary N) is 1. The maximum absolute atomic E-state index is 12.1. The van der Waals surface area contributed by atoms with Gasteiger partial charge in [-0.2, -0.15) is 0 Å². The number of anilines is 1. The number of ether oxygens (including phenoxy) is 1. The molecule has 0 saturated carbocycles. The summed E-state index contributed by atoms with van der Waals surface area (Å²) in [7, 11) is 1.55. The second kappa shape index (κ2) is 7.11. The van der Waals surface area contributed by atoms with Crippen LogP contribution < -0.4 is 10.1 Å². The van der Waals surface area contributed by atoms with E-state index in [-0.39, 0.29) is 18.9 Å². The topological polar surface area (TPSA) is 58.6 Å². The van der Waals surface area contributed by atoms with E-state index in [1.165, 1.54) is 0 Å². The van der Waals surface area contributed by atoms with Crippen LogP contribution in [0.15, 0.2) is 42.5 Å². The third-order valence-electron chi connectivity index (χ3n) is 2.99. The van der Waals surface area contributed by atoms with Gasteiger partial charge in [-0.15, -0.1) is 0 Å². The highest BCUT2D eigenvalue weighted by atomic mass is 35.5. The molecule has 21 heavy (non-hydrogen) atoms. The number of aliphatic hydroxyl groups excluding tert-OH is 1. The van der Waals surface area contributed by atoms with Gasteiger partial charge >= 0.3 is 0 Å². The van der Waals surface area contributed by atoms with Gasteiger partial charge in [-0.05, 0) is 35.9 Å². The summed E-state index contributed by atoms with van der Waals surface area (Å²) in [5, 5.41) is 12.4. The molecule has 0 bridgehead atoms. The Kier molecular flexibility index (Phi) is 5.20. The number of benzene rings is 2. The van der Waals surface area contributed by atoms with Gasteiger partial charge in [0.2, 0.25) is 5.91 Å². The molecule has 2 aromatic carbocycles. The fraction of sp³-hybridized carbons (Fsp3) is 0.188. The van der Waals surface area contributed by atoms with Gasteiger partial charge in [0.25, 0.3) is 0 Å². The standard InChI is InChI=1S/C16H16ClNO3/c1-21-15-6-5-13(17)8-12(15)9-16(20)18-14-4-2-3-11(7-14)10-19/h2-8,19H,9-10H2,1H3,(H,18,20). The van der Waals surface area contributed by atoms with Crippen molar-refractivity contribution in [2.24, 2.45) is 0 Å². The van der Waals surface area contributed by atoms with Crippen LogP contribution in [0.3, 0.4) is 0 Å². The first kappa shape index (κ1) is 15.4. The molecule has 5 heteroatoms. The fourth-order valence-electron chi connectivity index (χ4n) is 2.01. The van der Waals surface area contributed by atoms with E-state index >= 15 is 0 Å². The number of hydrogen-bond acceptors (Lipinski definition) is 3. The average Bonchev–Trinajstić information content (AvgIpc) is 2.47. The van der Waals surface area contributed by atoms with Gasteiger partial charge < -0.3 is 15.2 Å². The molecule has 0 saturated heterocycles. The van der Waals surface area contributed by atoms with Gasteiger partial charge in [-0.1, -0.05) is 23.7 Å². The van der Waals surface area contributed by atoms with Crippen molar-refractivity contribution < 1.29 is 14.6 Å². The summed E-state index contributed by atoms with van der Waals surface area (Å²) < 4.78 is 5.22. The number of aliphatic hydroxyl groups is 1. The summed E-state index contributed by atoms with van der Waals surface area (Å²) in [6.07, 6.45) is 0.160. The molecule has 2 aromatic rings. The van der Waals surface area contributed by atoms with Crippen LogP contribution in [0.1, 0.15) is 11.1 Å². The Morgan fingerprint density at radius 1 is 1.29 bits per heavy atom. The lowest BCUT2D eigenvalue weighted by Crippen LogP contribution is -2.15. The second-order valence-electron chi connectivity index (χ2n) is 4.54. The highest BCUT2D eigenvalue weighted by Gasteiger charge is 2.10. The summed E-state index contributed by atoms with van der Waals surface area (Å²) in [6, 6.07) is 12.2. The van der Waals surface area contributed by atoms with E-state index < -0.39 is 0 Å². The van der Waals surface area contributed by atoms with Crippen LogP contribution in [0.4, 0.5) is 5.69 Å². The zero-order chi connectivity index (χ0) is 15.2. The van der Waals surface area contributed by atoms with Crippen LogP contribution in [0, 0.1) is 0 Å². The SMILES string of the molecule is COc1ccc(Cl)cc1CC(=O)Nc1cccc(CO)c1. The lowest BCUT2D eigenvalue weighted by Gasteiger charge is -2.10. The minimum Gasteiger partial charge on any atom is -0.496 e. The van der Waals surface area contributed by atoms with Gasteiger partial charge in [0.05, 0.1) is 20.1 Å². The third kappa shape index (κ3) is 4.21. The molecule has 0 radical (unpaired) electrons. The summed E-state index contributed by atoms with van der Waals surface area (Å²) in [5.74, 6) is 0.448. The molecule has 0 aromatic heterocycles. The second-order valence-corrected chi connectivity index (χ2v) is 4.98. The molecule has 0 spiro atoms. The number of hydrogen-bond donors (Lipinski definition) is 2. The van der Waals surface area contributed by atoms with Crippen molar-refractivity contribution in [2.75, 3.05) is 12.4 Å². The Bertz CT molecular complexity index is 643. The van der Waals surface area contributed by atoms with E-state index in [0.29, 0.717) is 16.5 Å². The van der Waals surface area contributed by atoms with Crippen molar-refractivity contribution in [2.45, 2.75) is 13.0 Å². The number of rotatable bonds is 5. The van der Waals surface area contributed by atoms with Crippen LogP contribution in [-0.4, -0.2) is 18.1 Å². The van der Waals surface area contributed by atoms with Gasteiger partial charge in [-0.25, -0.2) is 0 Å². The fourth-order valence-corrected chi connectivity index (χ4v) is 2.21. The molecule has 0 fully saturated rings. The zero-order valence-electron chi connectivity index (χ0n) is 11.6. The Morgan fingerprint density at radius 2 is 2.10 bits per heavy atom. The quantitative estimate of drug-likeness (QED) is 0.892. The van der Waals surface area contributed by atoms with Gasteiger partial charge in [0, 0.05) is 16.3 Å². The molecule has 0 aliphatic rings. The number of halogens is 1. The van der Waals surface area contributed by atoms with Crippen LogP contribution >= 0.6 is 11.6 Å². The number of amides is 1. The molecule has 1 amide bonds. The molecule has 4 nitrogen and oxygen atoms in total. The highest BCUT2D eigenvalue weighted by molar-refractivity contribution is 6.30. The summed E-state index contributed by atoms with van der Waals surface area (Å²) in [5.41, 5.74) is 2.11. The monoisotopic (exact) mass is 305 g/mol. The first-order valence-electron chi connectivity index (χ1n) is 6.44. The molecule has 110 valence electrons. The maximum atomic E-state index is 12.1. The maximum Gasteiger partial charge on any atom is 0.228 e. The molecule has 0 heterocycles. The predicted molar refractivity (Wildman–Crippen MR) is 82.7 cm³/mol. The van der Waals surface area contributed by atoms with Crippen LogP contribution in [0.25, 0.3) is 0 Å². The van der Waals surface area contributed by atoms with E-state index in [4.69, 9.17) is 21.4 Å². The zero-order valence-corrected chi connectivity index (χ0v) is 12.4. The smallest absolute Gasteiger partial charge is 0.228 e. The van der Waals surface area contributed by atoms with Crippen molar-refractivity contribution in [3.05, 3.63) is 58.6 Å². The van der Waals surface area contributed by atoms with Crippen LogP contribution in [-0.2, 0) is 17.8 Å². The lowest BCUT2D eigenvalue weighted by atomic mass is 10.1. The summed E-state index contributed by atoms with van der Waals surface area (Å²) in [4.78, 5) is 12.1. The predicted octanol–water partition coefficient (Wildman–Crippen LogP) is 3.02. The molecule has 0 aliphatic heterocycles. The average molecular weight is 306 g/mol. The van der Waals surface area contributed by atoms with E-state index in [9.17, 15) is 4.79 Å². The number of carbonyl (C=O) groups excluding carboxylic acids is 1. The molecule has 0 atom stereocenters. The van der Waals surface area contributed by atoms with Crippen molar-refractivity contribution in [3.8, 4) is 5.75 Å². The largest absolute Gasteiger partial charge is 0.496 e. The van der Waals surface area contributed by atoms with E-state index in [2.05, 4.69) is 5.32 Å². The summed E-state index contributed by atoms with van der Waals surface area (Å²) in [6.45, 7) is -0.0637. The normalized spacial score (nSPS) is 10.2. The first-order valence-corrected chi connectivity index (χ1v) is 6.82. The van der Waals surface area contributed by atoms with Gasteiger partial charge in [0.15, 0.2) is 0 Å². The minimum absolute atomic E-state index is 0.0637. The molecular formula is C16H16ClNO3. The Hall–Kier alpha value is -2.04. The Morgan fingerprint density at radius 3 is 2.81 bits per heavy atom. The Balaban J connectivity index is 2.09. The molecule has 0 unspecified atom stereocenters. The van der Waals surface area contributed by atoms with Crippen LogP contribution in [0.5, 0.6) is 5.75 Å². The van der Waals surface area contributed by atoms with E-state index in [1.54, 1.807) is 49.6 Å².